The molecule has 0 atom stereocenters. The van der Waals surface area contributed by atoms with Crippen LogP contribution in [0.2, 0.25) is 0 Å². The summed E-state index contributed by atoms with van der Waals surface area (Å²) in [4.78, 5) is 16.3. The number of rotatable bonds is 6. The van der Waals surface area contributed by atoms with Gasteiger partial charge in [0.25, 0.3) is 0 Å². The number of nitrogens with one attached hydrogen (secondary N) is 1. The SMILES string of the molecule is Cc1cccc2c(Nc3ccc4c(c3)OCO4)nc(CN(C)Cc3ccccn3)nc12. The van der Waals surface area contributed by atoms with E-state index in [-0.39, 0.29) is 6.79 Å². The Bertz CT molecular complexity index is 1230. The fourth-order valence-corrected chi connectivity index (χ4v) is 3.68. The van der Waals surface area contributed by atoms with Gasteiger partial charge in [0.05, 0.1) is 17.8 Å². The molecule has 0 saturated heterocycles. The molecule has 4 aromatic rings. The normalized spacial score (nSPS) is 12.5. The van der Waals surface area contributed by atoms with Crippen LogP contribution in [0.5, 0.6) is 11.5 Å². The minimum Gasteiger partial charge on any atom is -0.454 e. The van der Waals surface area contributed by atoms with Crippen LogP contribution in [0.25, 0.3) is 10.9 Å². The van der Waals surface area contributed by atoms with Crippen molar-refractivity contribution in [1.82, 2.24) is 19.9 Å². The van der Waals surface area contributed by atoms with Gasteiger partial charge in [-0.1, -0.05) is 18.2 Å². The predicted octanol–water partition coefficient (Wildman–Crippen LogP) is 4.44. The average Bonchev–Trinajstić information content (AvgIpc) is 3.23. The van der Waals surface area contributed by atoms with Crippen molar-refractivity contribution >= 4 is 22.4 Å². The van der Waals surface area contributed by atoms with E-state index >= 15 is 0 Å². The highest BCUT2D eigenvalue weighted by atomic mass is 16.7. The number of benzene rings is 2. The first kappa shape index (κ1) is 19.3. The summed E-state index contributed by atoms with van der Waals surface area (Å²) in [7, 11) is 2.05. The first-order valence-electron chi connectivity index (χ1n) is 10.2. The molecular weight excluding hydrogens is 390 g/mol. The van der Waals surface area contributed by atoms with Gasteiger partial charge in [-0.05, 0) is 49.9 Å². The summed E-state index contributed by atoms with van der Waals surface area (Å²) in [5.41, 5.74) is 3.96. The van der Waals surface area contributed by atoms with E-state index in [0.29, 0.717) is 6.54 Å². The Hall–Kier alpha value is -3.71. The molecule has 1 aliphatic rings. The minimum atomic E-state index is 0.251. The second-order valence-corrected chi connectivity index (χ2v) is 7.65. The Morgan fingerprint density at radius 1 is 0.968 bits per heavy atom. The number of hydrogen-bond donors (Lipinski definition) is 1. The smallest absolute Gasteiger partial charge is 0.231 e. The van der Waals surface area contributed by atoms with Gasteiger partial charge in [-0.2, -0.15) is 0 Å². The standard InChI is InChI=1S/C24H23N5O2/c1-16-6-5-8-19-23(16)27-22(14-29(2)13-18-7-3-4-11-25-18)28-24(19)26-17-9-10-20-21(12-17)31-15-30-20/h3-12H,13-15H2,1-2H3,(H,26,27,28). The van der Waals surface area contributed by atoms with Crippen molar-refractivity contribution in [3.8, 4) is 11.5 Å². The lowest BCUT2D eigenvalue weighted by Gasteiger charge is -2.17. The maximum Gasteiger partial charge on any atom is 0.231 e. The van der Waals surface area contributed by atoms with Crippen molar-refractivity contribution < 1.29 is 9.47 Å². The molecule has 2 aromatic heterocycles. The quantitative estimate of drug-likeness (QED) is 0.501. The molecule has 3 heterocycles. The molecule has 2 aromatic carbocycles. The monoisotopic (exact) mass is 413 g/mol. The van der Waals surface area contributed by atoms with Gasteiger partial charge < -0.3 is 14.8 Å². The zero-order chi connectivity index (χ0) is 21.2. The van der Waals surface area contributed by atoms with Crippen LogP contribution in [0.1, 0.15) is 17.1 Å². The number of hydrogen-bond acceptors (Lipinski definition) is 7. The van der Waals surface area contributed by atoms with Gasteiger partial charge in [0.2, 0.25) is 6.79 Å². The number of aromatic nitrogens is 3. The molecule has 7 nitrogen and oxygen atoms in total. The van der Waals surface area contributed by atoms with Gasteiger partial charge in [-0.25, -0.2) is 9.97 Å². The fourth-order valence-electron chi connectivity index (χ4n) is 3.68. The topological polar surface area (TPSA) is 72.4 Å². The summed E-state index contributed by atoms with van der Waals surface area (Å²) in [5.74, 6) is 3.01. The molecule has 0 fully saturated rings. The Morgan fingerprint density at radius 2 is 1.87 bits per heavy atom. The summed E-state index contributed by atoms with van der Waals surface area (Å²) in [6, 6.07) is 17.9. The fraction of sp³-hybridized carbons (Fsp3) is 0.208. The molecule has 31 heavy (non-hydrogen) atoms. The molecule has 7 heteroatoms. The number of pyridine rings is 1. The van der Waals surface area contributed by atoms with E-state index in [4.69, 9.17) is 19.4 Å². The predicted molar refractivity (Wildman–Crippen MR) is 120 cm³/mol. The Balaban J connectivity index is 1.46. The molecule has 0 unspecified atom stereocenters. The third-order valence-corrected chi connectivity index (χ3v) is 5.18. The Morgan fingerprint density at radius 3 is 2.74 bits per heavy atom. The Kier molecular flexibility index (Phi) is 5.09. The molecule has 0 bridgehead atoms. The van der Waals surface area contributed by atoms with Crippen LogP contribution in [0.3, 0.4) is 0 Å². The zero-order valence-corrected chi connectivity index (χ0v) is 17.5. The van der Waals surface area contributed by atoms with Crippen LogP contribution in [0.4, 0.5) is 11.5 Å². The molecule has 0 radical (unpaired) electrons. The zero-order valence-electron chi connectivity index (χ0n) is 17.5. The summed E-state index contributed by atoms with van der Waals surface area (Å²) in [5, 5.41) is 4.43. The van der Waals surface area contributed by atoms with E-state index in [9.17, 15) is 0 Å². The van der Waals surface area contributed by atoms with Crippen LogP contribution < -0.4 is 14.8 Å². The van der Waals surface area contributed by atoms with E-state index in [0.717, 1.165) is 57.5 Å². The average molecular weight is 413 g/mol. The maximum absolute atomic E-state index is 5.51. The molecule has 156 valence electrons. The molecule has 0 aliphatic carbocycles. The highest BCUT2D eigenvalue weighted by Crippen LogP contribution is 2.35. The van der Waals surface area contributed by atoms with Crippen molar-refractivity contribution in [2.75, 3.05) is 19.2 Å². The largest absolute Gasteiger partial charge is 0.454 e. The lowest BCUT2D eigenvalue weighted by atomic mass is 10.1. The van der Waals surface area contributed by atoms with Crippen molar-refractivity contribution in [2.24, 2.45) is 0 Å². The second kappa shape index (κ2) is 8.20. The molecule has 1 aliphatic heterocycles. The van der Waals surface area contributed by atoms with E-state index in [2.05, 4.69) is 28.2 Å². The summed E-state index contributed by atoms with van der Waals surface area (Å²) in [6.07, 6.45) is 1.81. The highest BCUT2D eigenvalue weighted by Gasteiger charge is 2.16. The number of fused-ring (bicyclic) bond motifs is 2. The number of anilines is 2. The molecule has 0 amide bonds. The lowest BCUT2D eigenvalue weighted by Crippen LogP contribution is -2.20. The van der Waals surface area contributed by atoms with E-state index < -0.39 is 0 Å². The van der Waals surface area contributed by atoms with Gasteiger partial charge in [0.15, 0.2) is 11.5 Å². The van der Waals surface area contributed by atoms with Crippen LogP contribution in [0.15, 0.2) is 60.8 Å². The van der Waals surface area contributed by atoms with Crippen molar-refractivity contribution in [2.45, 2.75) is 20.0 Å². The number of nitrogens with zero attached hydrogens (tertiary/aromatic N) is 4. The van der Waals surface area contributed by atoms with Crippen molar-refractivity contribution in [1.29, 1.82) is 0 Å². The molecule has 1 N–H and O–H groups in total. The summed E-state index contributed by atoms with van der Waals surface area (Å²) in [6.45, 7) is 3.65. The first-order chi connectivity index (χ1) is 15.2. The Labute approximate surface area is 180 Å². The van der Waals surface area contributed by atoms with E-state index in [1.54, 1.807) is 0 Å². The van der Waals surface area contributed by atoms with Gasteiger partial charge in [0.1, 0.15) is 11.6 Å². The third kappa shape index (κ3) is 4.13. The third-order valence-electron chi connectivity index (χ3n) is 5.18. The van der Waals surface area contributed by atoms with E-state index in [1.165, 1.54) is 0 Å². The number of aryl methyl sites for hydroxylation is 1. The summed E-state index contributed by atoms with van der Waals surface area (Å²) >= 11 is 0. The minimum absolute atomic E-state index is 0.251. The number of ether oxygens (including phenoxy) is 2. The maximum atomic E-state index is 5.51. The molecule has 0 spiro atoms. The van der Waals surface area contributed by atoms with E-state index in [1.807, 2.05) is 61.8 Å². The van der Waals surface area contributed by atoms with Crippen molar-refractivity contribution in [3.05, 3.63) is 77.9 Å². The van der Waals surface area contributed by atoms with Gasteiger partial charge in [0, 0.05) is 29.9 Å². The molecule has 0 saturated carbocycles. The van der Waals surface area contributed by atoms with Crippen LogP contribution in [-0.2, 0) is 13.1 Å². The van der Waals surface area contributed by atoms with Crippen LogP contribution in [0, 0.1) is 6.92 Å². The van der Waals surface area contributed by atoms with Crippen molar-refractivity contribution in [3.63, 3.8) is 0 Å². The number of para-hydroxylation sites is 1. The van der Waals surface area contributed by atoms with Crippen LogP contribution in [-0.4, -0.2) is 33.7 Å². The molecule has 5 rings (SSSR count). The van der Waals surface area contributed by atoms with Gasteiger partial charge >= 0.3 is 0 Å². The summed E-state index contributed by atoms with van der Waals surface area (Å²) < 4.78 is 10.9. The van der Waals surface area contributed by atoms with Crippen LogP contribution >= 0.6 is 0 Å². The highest BCUT2D eigenvalue weighted by molar-refractivity contribution is 5.92. The first-order valence-corrected chi connectivity index (χ1v) is 10.2. The van der Waals surface area contributed by atoms with Gasteiger partial charge in [-0.15, -0.1) is 0 Å². The second-order valence-electron chi connectivity index (χ2n) is 7.65. The lowest BCUT2D eigenvalue weighted by molar-refractivity contribution is 0.174. The van der Waals surface area contributed by atoms with Gasteiger partial charge in [-0.3, -0.25) is 9.88 Å². The molecular formula is C24H23N5O2.